The molecule has 0 fully saturated rings. The van der Waals surface area contributed by atoms with E-state index in [0.29, 0.717) is 16.5 Å². The fourth-order valence-corrected chi connectivity index (χ4v) is 2.62. The van der Waals surface area contributed by atoms with E-state index in [2.05, 4.69) is 15.6 Å². The van der Waals surface area contributed by atoms with Crippen molar-refractivity contribution >= 4 is 17.5 Å². The highest BCUT2D eigenvalue weighted by atomic mass is 35.5. The van der Waals surface area contributed by atoms with Gasteiger partial charge in [-0.15, -0.1) is 5.10 Å². The molecule has 0 saturated heterocycles. The number of halogens is 6. The third-order valence-corrected chi connectivity index (χ3v) is 4.27. The molecule has 0 saturated carbocycles. The van der Waals surface area contributed by atoms with Crippen molar-refractivity contribution in [2.45, 2.75) is 25.9 Å². The summed E-state index contributed by atoms with van der Waals surface area (Å²) in [4.78, 5) is 12.0. The second-order valence-electron chi connectivity index (χ2n) is 6.34. The lowest BCUT2D eigenvalue weighted by Gasteiger charge is -2.11. The molecule has 1 amide bonds. The topological polar surface area (TPSA) is 69.0 Å². The van der Waals surface area contributed by atoms with Crippen LogP contribution in [0.3, 0.4) is 0 Å². The van der Waals surface area contributed by atoms with Crippen molar-refractivity contribution in [3.8, 4) is 5.75 Å². The van der Waals surface area contributed by atoms with Gasteiger partial charge in [0.25, 0.3) is 0 Å². The molecule has 31 heavy (non-hydrogen) atoms. The molecule has 0 spiro atoms. The largest absolute Gasteiger partial charge is 0.487 e. The molecule has 0 aliphatic rings. The number of alkyl halides is 3. The van der Waals surface area contributed by atoms with Crippen LogP contribution in [0.1, 0.15) is 16.8 Å². The number of hydrogen-bond acceptors (Lipinski definition) is 4. The number of amides is 1. The fourth-order valence-electron chi connectivity index (χ4n) is 2.50. The van der Waals surface area contributed by atoms with Gasteiger partial charge in [-0.25, -0.2) is 13.5 Å². The minimum atomic E-state index is -4.88. The first-order valence-electron chi connectivity index (χ1n) is 8.71. The first kappa shape index (κ1) is 22.5. The average Bonchev–Trinajstić information content (AvgIpc) is 3.13. The Labute approximate surface area is 177 Å². The monoisotopic (exact) mass is 460 g/mol. The number of nitrogens with one attached hydrogen (secondary N) is 1. The summed E-state index contributed by atoms with van der Waals surface area (Å²) in [6.07, 6.45) is -3.44. The van der Waals surface area contributed by atoms with Crippen LogP contribution in [0.25, 0.3) is 0 Å². The first-order chi connectivity index (χ1) is 14.6. The maximum absolute atomic E-state index is 13.8. The number of carbonyl (C=O) groups excluding carboxylic acids is 1. The summed E-state index contributed by atoms with van der Waals surface area (Å²) in [5.41, 5.74) is -1.71. The summed E-state index contributed by atoms with van der Waals surface area (Å²) in [7, 11) is 0. The molecule has 1 N–H and O–H groups in total. The zero-order valence-corrected chi connectivity index (χ0v) is 16.3. The molecule has 3 rings (SSSR count). The normalized spacial score (nSPS) is 11.4. The minimum Gasteiger partial charge on any atom is -0.487 e. The summed E-state index contributed by atoms with van der Waals surface area (Å²) in [6, 6.07) is 6.99. The van der Waals surface area contributed by atoms with Crippen LogP contribution in [0.2, 0.25) is 5.02 Å². The van der Waals surface area contributed by atoms with Gasteiger partial charge in [0.2, 0.25) is 5.91 Å². The Balaban J connectivity index is 1.53. The van der Waals surface area contributed by atoms with E-state index in [1.165, 1.54) is 10.9 Å². The van der Waals surface area contributed by atoms with Crippen molar-refractivity contribution in [2.75, 3.05) is 0 Å². The van der Waals surface area contributed by atoms with Gasteiger partial charge in [0, 0.05) is 17.1 Å². The maximum Gasteiger partial charge on any atom is 0.416 e. The fraction of sp³-hybridized carbons (Fsp3) is 0.211. The third kappa shape index (κ3) is 6.14. The Kier molecular flexibility index (Phi) is 6.74. The van der Waals surface area contributed by atoms with Gasteiger partial charge in [-0.05, 0) is 36.4 Å². The molecule has 0 radical (unpaired) electrons. The molecular weight excluding hydrogens is 447 g/mol. The van der Waals surface area contributed by atoms with Crippen molar-refractivity contribution in [1.29, 1.82) is 0 Å². The van der Waals surface area contributed by atoms with Crippen LogP contribution < -0.4 is 10.1 Å². The summed E-state index contributed by atoms with van der Waals surface area (Å²) < 4.78 is 72.0. The van der Waals surface area contributed by atoms with Crippen LogP contribution in [0.4, 0.5) is 22.0 Å². The number of nitrogens with zero attached hydrogens (tertiary/aromatic N) is 3. The van der Waals surface area contributed by atoms with Crippen molar-refractivity contribution in [1.82, 2.24) is 20.3 Å². The molecule has 3 aromatic rings. The van der Waals surface area contributed by atoms with E-state index < -0.39 is 41.4 Å². The van der Waals surface area contributed by atoms with E-state index in [4.69, 9.17) is 16.3 Å². The molecule has 12 heteroatoms. The molecule has 6 nitrogen and oxygen atoms in total. The Morgan fingerprint density at radius 2 is 1.77 bits per heavy atom. The summed E-state index contributed by atoms with van der Waals surface area (Å²) >= 11 is 5.78. The zero-order chi connectivity index (χ0) is 22.6. The van der Waals surface area contributed by atoms with Crippen molar-refractivity contribution in [2.24, 2.45) is 0 Å². The van der Waals surface area contributed by atoms with Crippen molar-refractivity contribution in [3.63, 3.8) is 0 Å². The van der Waals surface area contributed by atoms with Gasteiger partial charge < -0.3 is 10.1 Å². The van der Waals surface area contributed by atoms with Gasteiger partial charge in [-0.3, -0.25) is 4.79 Å². The highest BCUT2D eigenvalue weighted by Crippen LogP contribution is 2.31. The molecule has 0 unspecified atom stereocenters. The highest BCUT2D eigenvalue weighted by molar-refractivity contribution is 6.30. The van der Waals surface area contributed by atoms with Gasteiger partial charge in [0.15, 0.2) is 0 Å². The SMILES string of the molecule is O=C(Cn1cc(COc2ccc(Cl)cc2)nn1)NCc1c(F)cc(C(F)(F)F)cc1F. The van der Waals surface area contributed by atoms with Gasteiger partial charge in [0.1, 0.15) is 36.2 Å². The smallest absolute Gasteiger partial charge is 0.416 e. The van der Waals surface area contributed by atoms with Crippen LogP contribution in [0.15, 0.2) is 42.6 Å². The van der Waals surface area contributed by atoms with Crippen LogP contribution in [0, 0.1) is 11.6 Å². The van der Waals surface area contributed by atoms with Gasteiger partial charge in [0.05, 0.1) is 11.8 Å². The Morgan fingerprint density at radius 3 is 2.39 bits per heavy atom. The maximum atomic E-state index is 13.8. The van der Waals surface area contributed by atoms with Crippen LogP contribution in [-0.2, 0) is 30.7 Å². The van der Waals surface area contributed by atoms with E-state index in [1.54, 1.807) is 24.3 Å². The second kappa shape index (κ2) is 9.29. The quantitative estimate of drug-likeness (QED) is 0.538. The lowest BCUT2D eigenvalue weighted by atomic mass is 10.1. The Morgan fingerprint density at radius 1 is 1.13 bits per heavy atom. The summed E-state index contributed by atoms with van der Waals surface area (Å²) in [5, 5.41) is 10.4. The summed E-state index contributed by atoms with van der Waals surface area (Å²) in [6.45, 7) is -0.876. The molecule has 1 aromatic heterocycles. The van der Waals surface area contributed by atoms with Crippen LogP contribution >= 0.6 is 11.6 Å². The Hall–Kier alpha value is -3.21. The number of rotatable bonds is 7. The molecule has 2 aromatic carbocycles. The minimum absolute atomic E-state index is 0.0746. The number of aromatic nitrogens is 3. The Bertz CT molecular complexity index is 1050. The van der Waals surface area contributed by atoms with E-state index in [0.717, 1.165) is 0 Å². The molecule has 0 aliphatic carbocycles. The van der Waals surface area contributed by atoms with Gasteiger partial charge in [-0.2, -0.15) is 13.2 Å². The van der Waals surface area contributed by atoms with E-state index in [9.17, 15) is 26.7 Å². The predicted octanol–water partition coefficient (Wildman–Crippen LogP) is 4.12. The predicted molar refractivity (Wildman–Crippen MR) is 99.0 cm³/mol. The van der Waals surface area contributed by atoms with Gasteiger partial charge >= 0.3 is 6.18 Å². The number of ether oxygens (including phenoxy) is 1. The van der Waals surface area contributed by atoms with Crippen LogP contribution in [0.5, 0.6) is 5.75 Å². The van der Waals surface area contributed by atoms with Crippen LogP contribution in [-0.4, -0.2) is 20.9 Å². The van der Waals surface area contributed by atoms with E-state index in [1.807, 2.05) is 0 Å². The average molecular weight is 461 g/mol. The standard InChI is InChI=1S/C19H14ClF5N4O2/c20-12-1-3-14(4-2-12)31-10-13-8-29(28-27-13)9-18(30)26-7-15-16(21)5-11(6-17(15)22)19(23,24)25/h1-6,8H,7,9-10H2,(H,26,30). The highest BCUT2D eigenvalue weighted by Gasteiger charge is 2.32. The van der Waals surface area contributed by atoms with Gasteiger partial charge in [-0.1, -0.05) is 16.8 Å². The second-order valence-corrected chi connectivity index (χ2v) is 6.78. The van der Waals surface area contributed by atoms with E-state index in [-0.39, 0.29) is 25.3 Å². The lowest BCUT2D eigenvalue weighted by Crippen LogP contribution is -2.28. The van der Waals surface area contributed by atoms with Crippen molar-refractivity contribution < 1.29 is 31.5 Å². The molecule has 164 valence electrons. The molecule has 0 bridgehead atoms. The lowest BCUT2D eigenvalue weighted by molar-refractivity contribution is -0.138. The van der Waals surface area contributed by atoms with E-state index >= 15 is 0 Å². The molecule has 0 aliphatic heterocycles. The molecular formula is C19H14ClF5N4O2. The zero-order valence-electron chi connectivity index (χ0n) is 15.6. The number of benzene rings is 2. The molecule has 0 atom stereocenters. The third-order valence-electron chi connectivity index (χ3n) is 4.02. The first-order valence-corrected chi connectivity index (χ1v) is 9.09. The molecule has 1 heterocycles. The van der Waals surface area contributed by atoms with Crippen molar-refractivity contribution in [3.05, 3.63) is 76.1 Å². The number of carbonyl (C=O) groups is 1. The summed E-state index contributed by atoms with van der Waals surface area (Å²) in [5.74, 6) is -2.93. The number of hydrogen-bond donors (Lipinski definition) is 1.